The Balaban J connectivity index is 1.23. The van der Waals surface area contributed by atoms with E-state index >= 15 is 13.2 Å². The Kier molecular flexibility index (Phi) is 10.1. The van der Waals surface area contributed by atoms with Crippen molar-refractivity contribution in [2.45, 2.75) is 77.0 Å². The van der Waals surface area contributed by atoms with Crippen molar-refractivity contribution in [1.82, 2.24) is 0 Å². The largest absolute Gasteiger partial charge is 0.206 e. The van der Waals surface area contributed by atoms with Crippen LogP contribution < -0.4 is 0 Å². The molecule has 7 heteroatoms. The van der Waals surface area contributed by atoms with Crippen LogP contribution in [0.15, 0.2) is 60.7 Å². The average molecular weight is 613 g/mol. The zero-order valence-electron chi connectivity index (χ0n) is 24.6. The summed E-state index contributed by atoms with van der Waals surface area (Å²) in [4.78, 5) is 0. The van der Waals surface area contributed by atoms with Crippen molar-refractivity contribution in [3.8, 4) is 22.3 Å². The summed E-state index contributed by atoms with van der Waals surface area (Å²) in [6.45, 7) is 2.19. The molecule has 232 valence electrons. The van der Waals surface area contributed by atoms with Gasteiger partial charge in [0, 0.05) is 11.1 Å². The Morgan fingerprint density at radius 3 is 1.86 bits per heavy atom. The van der Waals surface area contributed by atoms with Crippen molar-refractivity contribution in [2.75, 3.05) is 0 Å². The highest BCUT2D eigenvalue weighted by Gasteiger charge is 2.26. The van der Waals surface area contributed by atoms with E-state index in [-0.39, 0.29) is 46.6 Å². The highest BCUT2D eigenvalue weighted by molar-refractivity contribution is 5.71. The first-order valence-electron chi connectivity index (χ1n) is 15.4. The first-order valence-corrected chi connectivity index (χ1v) is 15.4. The lowest BCUT2D eigenvalue weighted by atomic mass is 9.76. The smallest absolute Gasteiger partial charge is 0.194 e. The van der Waals surface area contributed by atoms with Gasteiger partial charge in [-0.15, -0.1) is 0 Å². The summed E-state index contributed by atoms with van der Waals surface area (Å²) in [6.07, 6.45) is 9.15. The van der Waals surface area contributed by atoms with Crippen LogP contribution in [0.4, 0.5) is 30.7 Å². The summed E-state index contributed by atoms with van der Waals surface area (Å²) < 4.78 is 101. The van der Waals surface area contributed by atoms with Crippen LogP contribution in [0, 0.1) is 46.6 Å². The lowest BCUT2D eigenvalue weighted by molar-refractivity contribution is 0.297. The number of rotatable bonds is 10. The number of unbranched alkanes of at least 4 members (excludes halogenated alkanes) is 2. The second kappa shape index (κ2) is 14.0. The Morgan fingerprint density at radius 1 is 0.568 bits per heavy atom. The van der Waals surface area contributed by atoms with Crippen molar-refractivity contribution < 1.29 is 30.7 Å². The van der Waals surface area contributed by atoms with Gasteiger partial charge in [-0.25, -0.2) is 30.7 Å². The molecule has 0 radical (unpaired) electrons. The topological polar surface area (TPSA) is 0 Å². The molecular weight excluding hydrogens is 577 g/mol. The van der Waals surface area contributed by atoms with Gasteiger partial charge in [0.15, 0.2) is 29.1 Å². The van der Waals surface area contributed by atoms with Crippen LogP contribution in [0.3, 0.4) is 0 Å². The molecule has 0 unspecified atom stereocenters. The molecule has 4 aromatic rings. The summed E-state index contributed by atoms with van der Waals surface area (Å²) in [5.74, 6) is -6.97. The van der Waals surface area contributed by atoms with E-state index in [0.29, 0.717) is 29.2 Å². The summed E-state index contributed by atoms with van der Waals surface area (Å²) in [5.41, 5.74) is 1.17. The van der Waals surface area contributed by atoms with Crippen LogP contribution in [-0.4, -0.2) is 0 Å². The van der Waals surface area contributed by atoms with E-state index in [1.54, 1.807) is 18.2 Å². The van der Waals surface area contributed by atoms with Gasteiger partial charge in [-0.3, -0.25) is 0 Å². The van der Waals surface area contributed by atoms with Gasteiger partial charge in [0.05, 0.1) is 0 Å². The Bertz CT molecular complexity index is 1600. The van der Waals surface area contributed by atoms with E-state index in [1.165, 1.54) is 49.9 Å². The minimum absolute atomic E-state index is 0.0274. The lowest BCUT2D eigenvalue weighted by Gasteiger charge is -2.29. The zero-order valence-corrected chi connectivity index (χ0v) is 24.6. The molecule has 0 atom stereocenters. The van der Waals surface area contributed by atoms with Gasteiger partial charge in [0.1, 0.15) is 11.6 Å². The van der Waals surface area contributed by atoms with Crippen LogP contribution >= 0.6 is 0 Å². The van der Waals surface area contributed by atoms with Crippen molar-refractivity contribution in [3.63, 3.8) is 0 Å². The fourth-order valence-electron chi connectivity index (χ4n) is 6.41. The third-order valence-electron chi connectivity index (χ3n) is 8.99. The van der Waals surface area contributed by atoms with Crippen LogP contribution in [0.1, 0.15) is 80.9 Å². The Hall–Kier alpha value is -3.61. The van der Waals surface area contributed by atoms with Crippen LogP contribution in [0.2, 0.25) is 0 Å². The molecule has 0 nitrogen and oxygen atoms in total. The summed E-state index contributed by atoms with van der Waals surface area (Å²) in [5, 5.41) is 0. The third-order valence-corrected chi connectivity index (χ3v) is 8.99. The van der Waals surface area contributed by atoms with E-state index in [9.17, 15) is 17.6 Å². The van der Waals surface area contributed by atoms with E-state index in [4.69, 9.17) is 0 Å². The minimum Gasteiger partial charge on any atom is -0.206 e. The van der Waals surface area contributed by atoms with Gasteiger partial charge in [-0.2, -0.15) is 0 Å². The van der Waals surface area contributed by atoms with Crippen LogP contribution in [0.5, 0.6) is 0 Å². The molecular formula is C37H35F7. The molecule has 0 bridgehead atoms. The molecule has 44 heavy (non-hydrogen) atoms. The standard InChI is InChI=1S/C37H35F7/c1-2-3-4-5-22-6-10-24(11-7-22)30-17-13-25(35(42)36(30)43)12-8-23-9-15-28(31(38)18-23)26-14-16-29(32(39)19-26)27-20-33(40)37(44)34(41)21-27/h9,13-22,24H,2-8,10-12H2,1H3. The molecule has 0 aliphatic heterocycles. The highest BCUT2D eigenvalue weighted by atomic mass is 19.2. The molecule has 5 rings (SSSR count). The second-order valence-corrected chi connectivity index (χ2v) is 11.9. The first kappa shape index (κ1) is 31.8. The number of benzene rings is 4. The monoisotopic (exact) mass is 612 g/mol. The zero-order chi connectivity index (χ0) is 31.4. The van der Waals surface area contributed by atoms with Crippen LogP contribution in [0.25, 0.3) is 22.3 Å². The maximum absolute atomic E-state index is 15.1. The fourth-order valence-corrected chi connectivity index (χ4v) is 6.41. The van der Waals surface area contributed by atoms with E-state index in [2.05, 4.69) is 6.92 Å². The molecule has 0 amide bonds. The molecule has 0 heterocycles. The van der Waals surface area contributed by atoms with Gasteiger partial charge >= 0.3 is 0 Å². The normalized spacial score (nSPS) is 16.8. The number of halogens is 7. The molecule has 1 aliphatic rings. The second-order valence-electron chi connectivity index (χ2n) is 11.9. The maximum atomic E-state index is 15.1. The number of aryl methyl sites for hydroxylation is 2. The van der Waals surface area contributed by atoms with Gasteiger partial charge in [0.2, 0.25) is 0 Å². The van der Waals surface area contributed by atoms with Crippen molar-refractivity contribution in [3.05, 3.63) is 118 Å². The lowest BCUT2D eigenvalue weighted by Crippen LogP contribution is -2.15. The molecule has 1 saturated carbocycles. The van der Waals surface area contributed by atoms with Gasteiger partial charge in [-0.1, -0.05) is 69.0 Å². The Labute approximate surface area is 253 Å². The van der Waals surface area contributed by atoms with Gasteiger partial charge in [-0.05, 0) is 102 Å². The van der Waals surface area contributed by atoms with Gasteiger partial charge in [0.25, 0.3) is 0 Å². The predicted octanol–water partition coefficient (Wildman–Crippen LogP) is 11.6. The van der Waals surface area contributed by atoms with Gasteiger partial charge < -0.3 is 0 Å². The molecule has 0 aromatic heterocycles. The molecule has 0 spiro atoms. The summed E-state index contributed by atoms with van der Waals surface area (Å²) in [7, 11) is 0. The number of hydrogen-bond acceptors (Lipinski definition) is 0. The fraction of sp³-hybridized carbons (Fsp3) is 0.351. The maximum Gasteiger partial charge on any atom is 0.194 e. The Morgan fingerprint density at radius 2 is 1.20 bits per heavy atom. The third kappa shape index (κ3) is 7.03. The van der Waals surface area contributed by atoms with E-state index in [0.717, 1.165) is 31.7 Å². The minimum atomic E-state index is -1.65. The average Bonchev–Trinajstić information content (AvgIpc) is 3.01. The van der Waals surface area contributed by atoms with Crippen molar-refractivity contribution in [2.24, 2.45) is 5.92 Å². The highest BCUT2D eigenvalue weighted by Crippen LogP contribution is 2.39. The molecule has 0 saturated heterocycles. The number of hydrogen-bond donors (Lipinski definition) is 0. The quantitative estimate of drug-likeness (QED) is 0.0950. The summed E-state index contributed by atoms with van der Waals surface area (Å²) >= 11 is 0. The van der Waals surface area contributed by atoms with Crippen molar-refractivity contribution >= 4 is 0 Å². The van der Waals surface area contributed by atoms with Crippen LogP contribution in [-0.2, 0) is 12.8 Å². The molecule has 0 N–H and O–H groups in total. The first-order chi connectivity index (χ1) is 21.2. The SMILES string of the molecule is CCCCCC1CCC(c2ccc(CCc3ccc(-c4ccc(-c5cc(F)c(F)c(F)c5)c(F)c4)c(F)c3)c(F)c2F)CC1. The van der Waals surface area contributed by atoms with E-state index < -0.39 is 40.7 Å². The molecule has 1 aliphatic carbocycles. The predicted molar refractivity (Wildman–Crippen MR) is 160 cm³/mol. The van der Waals surface area contributed by atoms with Crippen molar-refractivity contribution in [1.29, 1.82) is 0 Å². The summed E-state index contributed by atoms with van der Waals surface area (Å²) in [6, 6.07) is 12.8. The van der Waals surface area contributed by atoms with E-state index in [1.807, 2.05) is 0 Å². The molecule has 1 fully saturated rings. The molecule has 4 aromatic carbocycles.